The van der Waals surface area contributed by atoms with Crippen LogP contribution in [0.3, 0.4) is 0 Å². The average molecular weight is 427 g/mol. The van der Waals surface area contributed by atoms with Crippen LogP contribution in [0.15, 0.2) is 36.4 Å². The maximum atomic E-state index is 14.3. The highest BCUT2D eigenvalue weighted by atomic mass is 35.5. The molecule has 0 unspecified atom stereocenters. The van der Waals surface area contributed by atoms with Crippen molar-refractivity contribution in [1.82, 2.24) is 4.90 Å². The Kier molecular flexibility index (Phi) is 6.93. The highest BCUT2D eigenvalue weighted by Crippen LogP contribution is 2.27. The summed E-state index contributed by atoms with van der Waals surface area (Å²) in [5.41, 5.74) is 2.14. The van der Waals surface area contributed by atoms with Crippen LogP contribution >= 0.6 is 35.4 Å². The Morgan fingerprint density at radius 3 is 2.67 bits per heavy atom. The summed E-state index contributed by atoms with van der Waals surface area (Å²) >= 11 is 18.2. The Hall–Kier alpha value is -1.40. The fourth-order valence-corrected chi connectivity index (χ4v) is 3.84. The molecule has 1 N–H and O–H groups in total. The zero-order valence-corrected chi connectivity index (χ0v) is 17.3. The summed E-state index contributed by atoms with van der Waals surface area (Å²) in [5.74, 6) is -0.350. The maximum Gasteiger partial charge on any atom is 0.173 e. The molecule has 1 aliphatic heterocycles. The van der Waals surface area contributed by atoms with Gasteiger partial charge < -0.3 is 15.0 Å². The van der Waals surface area contributed by atoms with E-state index < -0.39 is 0 Å². The van der Waals surface area contributed by atoms with Crippen molar-refractivity contribution in [2.24, 2.45) is 0 Å². The molecule has 3 rings (SSSR count). The molecular formula is C20H21Cl2FN2OS. The van der Waals surface area contributed by atoms with E-state index in [2.05, 4.69) is 5.32 Å². The monoisotopic (exact) mass is 426 g/mol. The molecule has 3 nitrogen and oxygen atoms in total. The molecule has 0 aliphatic carbocycles. The first-order chi connectivity index (χ1) is 13.0. The lowest BCUT2D eigenvalue weighted by Gasteiger charge is -2.29. The molecule has 27 heavy (non-hydrogen) atoms. The van der Waals surface area contributed by atoms with E-state index >= 15 is 0 Å². The van der Waals surface area contributed by atoms with Crippen LogP contribution in [0.2, 0.25) is 10.0 Å². The van der Waals surface area contributed by atoms with E-state index in [9.17, 15) is 4.39 Å². The van der Waals surface area contributed by atoms with E-state index in [1.807, 2.05) is 24.0 Å². The molecule has 2 aromatic rings. The fourth-order valence-electron chi connectivity index (χ4n) is 3.10. The molecule has 0 amide bonds. The van der Waals surface area contributed by atoms with Gasteiger partial charge in [-0.3, -0.25) is 0 Å². The van der Waals surface area contributed by atoms with Crippen LogP contribution in [0.25, 0.3) is 0 Å². The number of hydrogen-bond acceptors (Lipinski definition) is 2. The Morgan fingerprint density at radius 2 is 2.00 bits per heavy atom. The van der Waals surface area contributed by atoms with E-state index in [4.69, 9.17) is 40.2 Å². The molecule has 1 aliphatic rings. The minimum absolute atomic E-state index is 0.0580. The number of thiocarbonyl (C=S) groups is 1. The van der Waals surface area contributed by atoms with E-state index in [0.29, 0.717) is 27.3 Å². The highest BCUT2D eigenvalue weighted by Gasteiger charge is 2.23. The number of para-hydroxylation sites is 1. The van der Waals surface area contributed by atoms with Crippen LogP contribution in [-0.2, 0) is 11.3 Å². The van der Waals surface area contributed by atoms with Crippen molar-refractivity contribution in [1.29, 1.82) is 0 Å². The number of rotatable bonds is 5. The summed E-state index contributed by atoms with van der Waals surface area (Å²) < 4.78 is 20.1. The second-order valence-corrected chi connectivity index (χ2v) is 7.78. The van der Waals surface area contributed by atoms with E-state index in [1.165, 1.54) is 6.07 Å². The van der Waals surface area contributed by atoms with Gasteiger partial charge in [0.05, 0.1) is 16.8 Å². The standard InChI is InChI=1S/C20H21Cl2FN2OS/c1-13-5-2-8-17(22)19(13)24-20(27)25(11-14-6-4-10-26-14)12-15-16(21)7-3-9-18(15)23/h2-3,5,7-9,14H,4,6,10-12H2,1H3,(H,24,27)/t14-/m0/s1. The van der Waals surface area contributed by atoms with Crippen molar-refractivity contribution < 1.29 is 9.13 Å². The number of nitrogens with one attached hydrogen (secondary N) is 1. The normalized spacial score (nSPS) is 16.4. The van der Waals surface area contributed by atoms with E-state index in [0.717, 1.165) is 30.7 Å². The highest BCUT2D eigenvalue weighted by molar-refractivity contribution is 7.80. The lowest BCUT2D eigenvalue weighted by molar-refractivity contribution is 0.0903. The molecule has 1 fully saturated rings. The van der Waals surface area contributed by atoms with Gasteiger partial charge in [0.25, 0.3) is 0 Å². The molecule has 0 radical (unpaired) electrons. The number of halogens is 3. The minimum Gasteiger partial charge on any atom is -0.376 e. The van der Waals surface area contributed by atoms with Crippen molar-refractivity contribution in [3.63, 3.8) is 0 Å². The smallest absolute Gasteiger partial charge is 0.173 e. The second-order valence-electron chi connectivity index (χ2n) is 6.58. The van der Waals surface area contributed by atoms with Gasteiger partial charge in [0.2, 0.25) is 0 Å². The van der Waals surface area contributed by atoms with Gasteiger partial charge in [0.15, 0.2) is 5.11 Å². The van der Waals surface area contributed by atoms with E-state index in [-0.39, 0.29) is 18.5 Å². The number of benzene rings is 2. The molecular weight excluding hydrogens is 406 g/mol. The van der Waals surface area contributed by atoms with Gasteiger partial charge in [0.1, 0.15) is 5.82 Å². The Morgan fingerprint density at radius 1 is 1.26 bits per heavy atom. The minimum atomic E-state index is -0.350. The van der Waals surface area contributed by atoms with Gasteiger partial charge in [-0.15, -0.1) is 0 Å². The first kappa shape index (κ1) is 20.3. The topological polar surface area (TPSA) is 24.5 Å². The third-order valence-electron chi connectivity index (χ3n) is 4.60. The Balaban J connectivity index is 1.83. The number of aryl methyl sites for hydroxylation is 1. The zero-order chi connectivity index (χ0) is 19.4. The molecule has 0 spiro atoms. The molecule has 0 aromatic heterocycles. The average Bonchev–Trinajstić information content (AvgIpc) is 3.13. The largest absolute Gasteiger partial charge is 0.376 e. The van der Waals surface area contributed by atoms with Crippen LogP contribution in [0.4, 0.5) is 10.1 Å². The summed E-state index contributed by atoms with van der Waals surface area (Å²) in [6.45, 7) is 3.50. The summed E-state index contributed by atoms with van der Waals surface area (Å²) in [6.07, 6.45) is 2.03. The van der Waals surface area contributed by atoms with Crippen molar-refractivity contribution in [2.45, 2.75) is 32.4 Å². The maximum absolute atomic E-state index is 14.3. The van der Waals surface area contributed by atoms with Crippen LogP contribution < -0.4 is 5.32 Å². The van der Waals surface area contributed by atoms with Crippen LogP contribution in [0.1, 0.15) is 24.0 Å². The van der Waals surface area contributed by atoms with Crippen molar-refractivity contribution in [3.05, 3.63) is 63.4 Å². The van der Waals surface area contributed by atoms with Gasteiger partial charge >= 0.3 is 0 Å². The van der Waals surface area contributed by atoms with Crippen molar-refractivity contribution in [2.75, 3.05) is 18.5 Å². The molecule has 1 heterocycles. The third kappa shape index (κ3) is 5.11. The number of nitrogens with zero attached hydrogens (tertiary/aromatic N) is 1. The quantitative estimate of drug-likeness (QED) is 0.608. The molecule has 7 heteroatoms. The SMILES string of the molecule is Cc1cccc(Cl)c1NC(=S)N(Cc1c(F)cccc1Cl)C[C@@H]1CCCO1. The summed E-state index contributed by atoms with van der Waals surface area (Å²) in [5, 5.41) is 4.64. The predicted octanol–water partition coefficient (Wildman–Crippen LogP) is 5.82. The third-order valence-corrected chi connectivity index (χ3v) is 5.63. The summed E-state index contributed by atoms with van der Waals surface area (Å²) in [4.78, 5) is 1.89. The molecule has 0 saturated carbocycles. The van der Waals surface area contributed by atoms with Crippen molar-refractivity contribution in [3.8, 4) is 0 Å². The lowest BCUT2D eigenvalue weighted by Crippen LogP contribution is -2.40. The number of hydrogen-bond donors (Lipinski definition) is 1. The fraction of sp³-hybridized carbons (Fsp3) is 0.350. The lowest BCUT2D eigenvalue weighted by atomic mass is 10.1. The zero-order valence-electron chi connectivity index (χ0n) is 15.0. The summed E-state index contributed by atoms with van der Waals surface area (Å²) in [6, 6.07) is 10.3. The molecule has 1 atom stereocenters. The Labute approximate surface area is 174 Å². The second kappa shape index (κ2) is 9.20. The van der Waals surface area contributed by atoms with Crippen LogP contribution in [-0.4, -0.2) is 29.3 Å². The first-order valence-electron chi connectivity index (χ1n) is 8.81. The number of ether oxygens (including phenoxy) is 1. The molecule has 2 aromatic carbocycles. The molecule has 144 valence electrons. The number of anilines is 1. The molecule has 1 saturated heterocycles. The predicted molar refractivity (Wildman–Crippen MR) is 113 cm³/mol. The summed E-state index contributed by atoms with van der Waals surface area (Å²) in [7, 11) is 0. The van der Waals surface area contributed by atoms with Gasteiger partial charge in [-0.2, -0.15) is 0 Å². The first-order valence-corrected chi connectivity index (χ1v) is 9.97. The van der Waals surface area contributed by atoms with Gasteiger partial charge in [-0.25, -0.2) is 4.39 Å². The van der Waals surface area contributed by atoms with Gasteiger partial charge in [-0.1, -0.05) is 41.4 Å². The van der Waals surface area contributed by atoms with Crippen LogP contribution in [0, 0.1) is 12.7 Å². The van der Waals surface area contributed by atoms with E-state index in [1.54, 1.807) is 18.2 Å². The Bertz CT molecular complexity index is 787. The van der Waals surface area contributed by atoms with Gasteiger partial charge in [0, 0.05) is 30.3 Å². The van der Waals surface area contributed by atoms with Crippen LogP contribution in [0.5, 0.6) is 0 Å². The van der Waals surface area contributed by atoms with Gasteiger partial charge in [-0.05, 0) is 55.7 Å². The van der Waals surface area contributed by atoms with Crippen molar-refractivity contribution >= 4 is 46.2 Å². The molecule has 0 bridgehead atoms.